The van der Waals surface area contributed by atoms with Gasteiger partial charge in [-0.25, -0.2) is 4.79 Å². The van der Waals surface area contributed by atoms with E-state index in [4.69, 9.17) is 10.5 Å². The van der Waals surface area contributed by atoms with E-state index in [1.165, 1.54) is 0 Å². The minimum Gasteiger partial charge on any atom is -0.444 e. The van der Waals surface area contributed by atoms with Crippen LogP contribution in [0.1, 0.15) is 91.9 Å². The smallest absolute Gasteiger partial charge is 0.408 e. The Morgan fingerprint density at radius 3 is 2.23 bits per heavy atom. The number of hydrogen-bond donors (Lipinski definition) is 3. The minimum absolute atomic E-state index is 0.0391. The Bertz CT molecular complexity index is 967. The first-order valence-electron chi connectivity index (χ1n) is 14.8. The molecule has 4 rings (SSSR count). The number of rotatable bonds is 9. The molecule has 0 bridgehead atoms. The normalized spacial score (nSPS) is 28.8. The third kappa shape index (κ3) is 7.31. The van der Waals surface area contributed by atoms with Crippen LogP contribution < -0.4 is 16.4 Å². The summed E-state index contributed by atoms with van der Waals surface area (Å²) in [4.78, 5) is 66.8. The second-order valence-corrected chi connectivity index (χ2v) is 13.4. The summed E-state index contributed by atoms with van der Waals surface area (Å²) in [7, 11) is 0. The van der Waals surface area contributed by atoms with Crippen molar-refractivity contribution in [2.45, 2.75) is 116 Å². The molecule has 0 aromatic heterocycles. The lowest BCUT2D eigenvalue weighted by atomic mass is 9.83. The van der Waals surface area contributed by atoms with Crippen molar-refractivity contribution in [1.82, 2.24) is 15.5 Å². The fraction of sp³-hybridized carbons (Fsp3) is 0.828. The number of ketones is 1. The van der Waals surface area contributed by atoms with Gasteiger partial charge in [0.2, 0.25) is 17.6 Å². The molecule has 0 aromatic carbocycles. The molecule has 0 aromatic rings. The van der Waals surface area contributed by atoms with E-state index in [0.717, 1.165) is 57.8 Å². The molecule has 10 heteroatoms. The van der Waals surface area contributed by atoms with Crippen molar-refractivity contribution in [3.8, 4) is 0 Å². The monoisotopic (exact) mass is 546 g/mol. The zero-order valence-electron chi connectivity index (χ0n) is 23.9. The molecule has 3 aliphatic carbocycles. The second kappa shape index (κ2) is 11.8. The van der Waals surface area contributed by atoms with Crippen LogP contribution in [0.25, 0.3) is 0 Å². The van der Waals surface area contributed by atoms with Crippen LogP contribution in [-0.2, 0) is 23.9 Å². The van der Waals surface area contributed by atoms with Crippen LogP contribution >= 0.6 is 0 Å². The van der Waals surface area contributed by atoms with Crippen LogP contribution in [0.15, 0.2) is 0 Å². The summed E-state index contributed by atoms with van der Waals surface area (Å²) in [6, 6.07) is -2.53. The van der Waals surface area contributed by atoms with Gasteiger partial charge >= 0.3 is 6.09 Å². The number of primary amides is 1. The number of nitrogens with zero attached hydrogens (tertiary/aromatic N) is 1. The van der Waals surface area contributed by atoms with E-state index < -0.39 is 47.4 Å². The fourth-order valence-corrected chi connectivity index (χ4v) is 7.01. The maximum absolute atomic E-state index is 14.2. The van der Waals surface area contributed by atoms with E-state index in [0.29, 0.717) is 18.9 Å². The minimum atomic E-state index is -1.06. The third-order valence-corrected chi connectivity index (χ3v) is 8.91. The number of carbonyl (C=O) groups excluding carboxylic acids is 5. The van der Waals surface area contributed by atoms with Crippen LogP contribution in [0, 0.1) is 29.6 Å². The molecule has 3 saturated carbocycles. The maximum Gasteiger partial charge on any atom is 0.408 e. The zero-order chi connectivity index (χ0) is 28.5. The number of nitrogens with one attached hydrogen (secondary N) is 2. The third-order valence-electron chi connectivity index (χ3n) is 8.91. The highest BCUT2D eigenvalue weighted by molar-refractivity contribution is 6.37. The summed E-state index contributed by atoms with van der Waals surface area (Å²) in [6.45, 7) is 7.92. The predicted molar refractivity (Wildman–Crippen MR) is 144 cm³/mol. The Morgan fingerprint density at radius 2 is 1.64 bits per heavy atom. The first-order chi connectivity index (χ1) is 18.3. The molecule has 4 fully saturated rings. The zero-order valence-corrected chi connectivity index (χ0v) is 23.9. The first-order valence-corrected chi connectivity index (χ1v) is 14.8. The Hall–Kier alpha value is -2.65. The molecule has 218 valence electrons. The lowest BCUT2D eigenvalue weighted by Crippen LogP contribution is -2.59. The van der Waals surface area contributed by atoms with E-state index in [-0.39, 0.29) is 29.6 Å². The fourth-order valence-electron chi connectivity index (χ4n) is 7.01. The van der Waals surface area contributed by atoms with Gasteiger partial charge in [-0.1, -0.05) is 39.0 Å². The van der Waals surface area contributed by atoms with Crippen LogP contribution in [0.2, 0.25) is 0 Å². The molecule has 4 amide bonds. The van der Waals surface area contributed by atoms with Crippen LogP contribution in [0.3, 0.4) is 0 Å². The second-order valence-electron chi connectivity index (χ2n) is 13.4. The van der Waals surface area contributed by atoms with Crippen molar-refractivity contribution in [2.24, 2.45) is 35.3 Å². The molecule has 6 atom stereocenters. The molecular formula is C29H46N4O6. The van der Waals surface area contributed by atoms with Gasteiger partial charge < -0.3 is 26.0 Å². The van der Waals surface area contributed by atoms with Crippen molar-refractivity contribution in [2.75, 3.05) is 6.54 Å². The highest BCUT2D eigenvalue weighted by Gasteiger charge is 2.53. The van der Waals surface area contributed by atoms with E-state index in [1.54, 1.807) is 25.7 Å². The van der Waals surface area contributed by atoms with Gasteiger partial charge in [0.1, 0.15) is 17.7 Å². The Balaban J connectivity index is 1.57. The molecule has 4 N–H and O–H groups in total. The van der Waals surface area contributed by atoms with E-state index >= 15 is 0 Å². The van der Waals surface area contributed by atoms with Crippen molar-refractivity contribution in [1.29, 1.82) is 0 Å². The van der Waals surface area contributed by atoms with E-state index in [9.17, 15) is 24.0 Å². The Morgan fingerprint density at radius 1 is 0.974 bits per heavy atom. The molecule has 1 heterocycles. The summed E-state index contributed by atoms with van der Waals surface area (Å²) in [5.41, 5.74) is 4.59. The molecule has 4 aliphatic rings. The van der Waals surface area contributed by atoms with Gasteiger partial charge in [0.15, 0.2) is 0 Å². The average Bonchev–Trinajstić information content (AvgIpc) is 3.50. The summed E-state index contributed by atoms with van der Waals surface area (Å²) in [5.74, 6) is -1.74. The maximum atomic E-state index is 14.2. The number of alkyl carbamates (subject to hydrolysis) is 1. The number of fused-ring (bicyclic) bond motifs is 1. The average molecular weight is 547 g/mol. The standard InChI is InChI=1S/C29H46N4O6/c1-16-12-19-15-33(27(37)22(18-8-6-5-7-9-18)32-28(38)39-29(2,3)4)23(20(19)13-16)26(36)31-21(14-17-10-11-17)24(34)25(30)35/h16-23H,5-15H2,1-4H3,(H2,30,35)(H,31,36)(H,32,38)/t16?,19-,20-,21?,22-,23-/m0/s1. The van der Waals surface area contributed by atoms with Gasteiger partial charge in [-0.05, 0) is 82.5 Å². The predicted octanol–water partition coefficient (Wildman–Crippen LogP) is 2.67. The molecular weight excluding hydrogens is 500 g/mol. The van der Waals surface area contributed by atoms with E-state index in [2.05, 4.69) is 17.6 Å². The summed E-state index contributed by atoms with van der Waals surface area (Å²) < 4.78 is 5.50. The highest BCUT2D eigenvalue weighted by atomic mass is 16.6. The molecule has 10 nitrogen and oxygen atoms in total. The summed E-state index contributed by atoms with van der Waals surface area (Å²) >= 11 is 0. The van der Waals surface area contributed by atoms with E-state index in [1.807, 2.05) is 0 Å². The first kappa shape index (κ1) is 29.3. The van der Waals surface area contributed by atoms with Crippen molar-refractivity contribution >= 4 is 29.6 Å². The largest absolute Gasteiger partial charge is 0.444 e. The van der Waals surface area contributed by atoms with Crippen molar-refractivity contribution in [3.05, 3.63) is 0 Å². The van der Waals surface area contributed by atoms with Crippen molar-refractivity contribution < 1.29 is 28.7 Å². The number of carbonyl (C=O) groups is 5. The molecule has 39 heavy (non-hydrogen) atoms. The quantitative estimate of drug-likeness (QED) is 0.379. The van der Waals surface area contributed by atoms with Gasteiger partial charge in [0, 0.05) is 6.54 Å². The van der Waals surface area contributed by atoms with Gasteiger partial charge in [-0.3, -0.25) is 19.2 Å². The number of amides is 4. The van der Waals surface area contributed by atoms with Crippen LogP contribution in [-0.4, -0.2) is 64.8 Å². The van der Waals surface area contributed by atoms with Crippen molar-refractivity contribution in [3.63, 3.8) is 0 Å². The van der Waals surface area contributed by atoms with Gasteiger partial charge in [0.05, 0.1) is 6.04 Å². The Labute approximate surface area is 231 Å². The van der Waals surface area contributed by atoms with Gasteiger partial charge in [-0.2, -0.15) is 0 Å². The molecule has 2 unspecified atom stereocenters. The summed E-state index contributed by atoms with van der Waals surface area (Å²) in [6.07, 6.45) is 8.05. The van der Waals surface area contributed by atoms with Gasteiger partial charge in [-0.15, -0.1) is 0 Å². The Kier molecular flexibility index (Phi) is 8.91. The number of hydrogen-bond acceptors (Lipinski definition) is 6. The van der Waals surface area contributed by atoms with Crippen LogP contribution in [0.4, 0.5) is 4.79 Å². The molecule has 0 radical (unpaired) electrons. The lowest BCUT2D eigenvalue weighted by molar-refractivity contribution is -0.144. The number of Topliss-reactive ketones (excluding diaryl/α,β-unsaturated/α-hetero) is 1. The molecule has 1 saturated heterocycles. The summed E-state index contributed by atoms with van der Waals surface area (Å²) in [5, 5.41) is 5.68. The number of nitrogens with two attached hydrogens (primary N) is 1. The topological polar surface area (TPSA) is 148 Å². The number of likely N-dealkylation sites (tertiary alicyclic amines) is 1. The highest BCUT2D eigenvalue weighted by Crippen LogP contribution is 2.46. The SMILES string of the molecule is CC1C[C@H]2CN(C(=O)[C@@H](NC(=O)OC(C)(C)C)C3CCCCC3)[C@H](C(=O)NC(CC3CC3)C(=O)C(N)=O)[C@H]2C1. The number of ether oxygens (including phenoxy) is 1. The molecule has 1 aliphatic heterocycles. The molecule has 0 spiro atoms. The van der Waals surface area contributed by atoms with Crippen LogP contribution in [0.5, 0.6) is 0 Å². The lowest BCUT2D eigenvalue weighted by Gasteiger charge is -2.36. The van der Waals surface area contributed by atoms with Gasteiger partial charge in [0.25, 0.3) is 5.91 Å².